The van der Waals surface area contributed by atoms with Gasteiger partial charge in [-0.25, -0.2) is 4.98 Å². The lowest BCUT2D eigenvalue weighted by atomic mass is 10.3. The Kier molecular flexibility index (Phi) is 3.84. The molecule has 0 saturated carbocycles. The van der Waals surface area contributed by atoms with Crippen LogP contribution in [0.1, 0.15) is 38.6 Å². The third-order valence-corrected chi connectivity index (χ3v) is 3.38. The summed E-state index contributed by atoms with van der Waals surface area (Å²) in [7, 11) is 0. The minimum atomic E-state index is -0.0296. The summed E-state index contributed by atoms with van der Waals surface area (Å²) in [5, 5.41) is 0. The highest BCUT2D eigenvalue weighted by Crippen LogP contribution is 2.23. The maximum atomic E-state index is 5.99. The van der Waals surface area contributed by atoms with Crippen molar-refractivity contribution in [3.05, 3.63) is 28.5 Å². The molecular weight excluding hydrogens is 278 g/mol. The fourth-order valence-electron chi connectivity index (χ4n) is 2.02. The average Bonchev–Trinajstić information content (AvgIpc) is 2.64. The van der Waals surface area contributed by atoms with Crippen molar-refractivity contribution < 1.29 is 0 Å². The second-order valence-electron chi connectivity index (χ2n) is 4.40. The van der Waals surface area contributed by atoms with Gasteiger partial charge in [-0.1, -0.05) is 29.3 Å². The van der Waals surface area contributed by atoms with Crippen LogP contribution in [0.15, 0.2) is 22.7 Å². The van der Waals surface area contributed by atoms with E-state index >= 15 is 0 Å². The highest BCUT2D eigenvalue weighted by atomic mass is 79.9. The Morgan fingerprint density at radius 1 is 1.47 bits per heavy atom. The third-order valence-electron chi connectivity index (χ3n) is 2.88. The first-order valence-corrected chi connectivity index (χ1v) is 6.84. The van der Waals surface area contributed by atoms with Gasteiger partial charge in [0.2, 0.25) is 0 Å². The Hall–Kier alpha value is -0.870. The number of unbranched alkanes of at least 4 members (excludes halogenated alkanes) is 1. The molecule has 0 saturated heterocycles. The second-order valence-corrected chi connectivity index (χ2v) is 5.31. The molecular formula is C13H18BrN3. The van der Waals surface area contributed by atoms with Crippen LogP contribution in [-0.2, 0) is 6.54 Å². The molecule has 0 radical (unpaired) electrons. The zero-order chi connectivity index (χ0) is 12.4. The Morgan fingerprint density at radius 3 is 2.88 bits per heavy atom. The fraction of sp³-hybridized carbons (Fsp3) is 0.462. The van der Waals surface area contributed by atoms with E-state index in [0.29, 0.717) is 0 Å². The van der Waals surface area contributed by atoms with E-state index in [9.17, 15) is 0 Å². The van der Waals surface area contributed by atoms with Crippen LogP contribution in [0.4, 0.5) is 0 Å². The first-order valence-electron chi connectivity index (χ1n) is 6.04. The van der Waals surface area contributed by atoms with Crippen molar-refractivity contribution in [2.75, 3.05) is 0 Å². The molecule has 0 aliphatic rings. The molecule has 0 bridgehead atoms. The number of halogens is 1. The van der Waals surface area contributed by atoms with Gasteiger partial charge in [0.25, 0.3) is 0 Å². The first-order chi connectivity index (χ1) is 8.13. The number of aryl methyl sites for hydroxylation is 1. The summed E-state index contributed by atoms with van der Waals surface area (Å²) in [5.41, 5.74) is 8.18. The number of hydrogen-bond donors (Lipinski definition) is 1. The first kappa shape index (κ1) is 12.6. The van der Waals surface area contributed by atoms with Crippen molar-refractivity contribution in [3.8, 4) is 0 Å². The predicted molar refractivity (Wildman–Crippen MR) is 74.9 cm³/mol. The van der Waals surface area contributed by atoms with Gasteiger partial charge in [0.15, 0.2) is 0 Å². The van der Waals surface area contributed by atoms with Crippen molar-refractivity contribution in [1.29, 1.82) is 0 Å². The lowest BCUT2D eigenvalue weighted by Gasteiger charge is -2.10. The van der Waals surface area contributed by atoms with Crippen LogP contribution < -0.4 is 5.73 Å². The van der Waals surface area contributed by atoms with Crippen molar-refractivity contribution >= 4 is 27.0 Å². The molecule has 2 aromatic rings. The minimum Gasteiger partial charge on any atom is -0.327 e. The molecule has 1 aromatic carbocycles. The van der Waals surface area contributed by atoms with E-state index in [1.54, 1.807) is 0 Å². The summed E-state index contributed by atoms with van der Waals surface area (Å²) in [5.74, 6) is 0.978. The topological polar surface area (TPSA) is 43.8 Å². The highest BCUT2D eigenvalue weighted by molar-refractivity contribution is 9.10. The van der Waals surface area contributed by atoms with Gasteiger partial charge in [-0.2, -0.15) is 0 Å². The SMILES string of the molecule is CCCCn1c(C(C)N)nc2cc(Br)ccc21. The molecule has 0 aliphatic heterocycles. The summed E-state index contributed by atoms with van der Waals surface area (Å²) in [6.45, 7) is 5.17. The Morgan fingerprint density at radius 2 is 2.24 bits per heavy atom. The van der Waals surface area contributed by atoms with Gasteiger partial charge < -0.3 is 10.3 Å². The summed E-state index contributed by atoms with van der Waals surface area (Å²) in [6, 6.07) is 6.17. The third kappa shape index (κ3) is 2.53. The number of imidazole rings is 1. The summed E-state index contributed by atoms with van der Waals surface area (Å²) < 4.78 is 3.30. The summed E-state index contributed by atoms with van der Waals surface area (Å²) in [6.07, 6.45) is 2.33. The molecule has 0 amide bonds. The zero-order valence-corrected chi connectivity index (χ0v) is 11.9. The summed E-state index contributed by atoms with van der Waals surface area (Å²) >= 11 is 3.48. The van der Waals surface area contributed by atoms with Gasteiger partial charge in [0.1, 0.15) is 5.82 Å². The monoisotopic (exact) mass is 295 g/mol. The molecule has 4 heteroatoms. The van der Waals surface area contributed by atoms with Crippen LogP contribution in [0.2, 0.25) is 0 Å². The Bertz CT molecular complexity index is 517. The second kappa shape index (κ2) is 5.19. The van der Waals surface area contributed by atoms with Gasteiger partial charge in [-0.05, 0) is 31.5 Å². The van der Waals surface area contributed by atoms with E-state index in [2.05, 4.69) is 44.5 Å². The molecule has 92 valence electrons. The van der Waals surface area contributed by atoms with Crippen LogP contribution in [0.25, 0.3) is 11.0 Å². The number of nitrogens with two attached hydrogens (primary N) is 1. The molecule has 2 rings (SSSR count). The van der Waals surface area contributed by atoms with E-state index in [1.807, 2.05) is 13.0 Å². The maximum Gasteiger partial charge on any atom is 0.126 e. The predicted octanol–water partition coefficient (Wildman–Crippen LogP) is 3.62. The van der Waals surface area contributed by atoms with Crippen molar-refractivity contribution in [3.63, 3.8) is 0 Å². The standard InChI is InChI=1S/C13H18BrN3/c1-3-4-7-17-12-6-5-10(14)8-11(12)16-13(17)9(2)15/h5-6,8-9H,3-4,7,15H2,1-2H3. The number of aromatic nitrogens is 2. The van der Waals surface area contributed by atoms with E-state index in [4.69, 9.17) is 5.73 Å². The normalized spacial score (nSPS) is 13.2. The number of rotatable bonds is 4. The van der Waals surface area contributed by atoms with Crippen LogP contribution in [0, 0.1) is 0 Å². The average molecular weight is 296 g/mol. The van der Waals surface area contributed by atoms with Crippen LogP contribution in [0.5, 0.6) is 0 Å². The van der Waals surface area contributed by atoms with E-state index in [-0.39, 0.29) is 6.04 Å². The summed E-state index contributed by atoms with van der Waals surface area (Å²) in [4.78, 5) is 4.63. The highest BCUT2D eigenvalue weighted by Gasteiger charge is 2.13. The Balaban J connectivity index is 2.54. The van der Waals surface area contributed by atoms with E-state index in [1.165, 1.54) is 11.9 Å². The Labute approximate surface area is 110 Å². The van der Waals surface area contributed by atoms with Crippen LogP contribution in [0.3, 0.4) is 0 Å². The van der Waals surface area contributed by atoms with Gasteiger partial charge in [0.05, 0.1) is 17.1 Å². The van der Waals surface area contributed by atoms with Gasteiger partial charge in [0, 0.05) is 11.0 Å². The smallest absolute Gasteiger partial charge is 0.126 e. The maximum absolute atomic E-state index is 5.99. The van der Waals surface area contributed by atoms with Crippen LogP contribution in [-0.4, -0.2) is 9.55 Å². The molecule has 2 N–H and O–H groups in total. The minimum absolute atomic E-state index is 0.0296. The number of fused-ring (bicyclic) bond motifs is 1. The fourth-order valence-corrected chi connectivity index (χ4v) is 2.37. The largest absolute Gasteiger partial charge is 0.327 e. The molecule has 0 fully saturated rings. The van der Waals surface area contributed by atoms with Gasteiger partial charge >= 0.3 is 0 Å². The van der Waals surface area contributed by atoms with Crippen molar-refractivity contribution in [2.24, 2.45) is 5.73 Å². The molecule has 1 aromatic heterocycles. The molecule has 0 aliphatic carbocycles. The van der Waals surface area contributed by atoms with Gasteiger partial charge in [-0.15, -0.1) is 0 Å². The van der Waals surface area contributed by atoms with E-state index in [0.717, 1.165) is 28.8 Å². The van der Waals surface area contributed by atoms with E-state index < -0.39 is 0 Å². The molecule has 1 atom stereocenters. The van der Waals surface area contributed by atoms with Crippen LogP contribution >= 0.6 is 15.9 Å². The number of nitrogens with zero attached hydrogens (tertiary/aromatic N) is 2. The molecule has 1 heterocycles. The number of benzene rings is 1. The number of hydrogen-bond acceptors (Lipinski definition) is 2. The van der Waals surface area contributed by atoms with Crippen molar-refractivity contribution in [2.45, 2.75) is 39.3 Å². The molecule has 17 heavy (non-hydrogen) atoms. The molecule has 0 spiro atoms. The lowest BCUT2D eigenvalue weighted by molar-refractivity contribution is 0.588. The quantitative estimate of drug-likeness (QED) is 0.936. The zero-order valence-electron chi connectivity index (χ0n) is 10.3. The molecule has 1 unspecified atom stereocenters. The van der Waals surface area contributed by atoms with Crippen molar-refractivity contribution in [1.82, 2.24) is 9.55 Å². The van der Waals surface area contributed by atoms with Gasteiger partial charge in [-0.3, -0.25) is 0 Å². The lowest BCUT2D eigenvalue weighted by Crippen LogP contribution is -2.13. The molecule has 3 nitrogen and oxygen atoms in total.